The zero-order valence-electron chi connectivity index (χ0n) is 10.7. The molecule has 0 spiro atoms. The maximum atomic E-state index is 13.8. The van der Waals surface area contributed by atoms with Gasteiger partial charge in [0.25, 0.3) is 0 Å². The molecule has 0 saturated carbocycles. The Bertz CT molecular complexity index is 491. The van der Waals surface area contributed by atoms with Gasteiger partial charge in [0.1, 0.15) is 5.82 Å². The number of rotatable bonds is 5. The summed E-state index contributed by atoms with van der Waals surface area (Å²) in [5, 5.41) is 5.34. The van der Waals surface area contributed by atoms with E-state index >= 15 is 0 Å². The van der Waals surface area contributed by atoms with Gasteiger partial charge in [0.2, 0.25) is 0 Å². The Morgan fingerprint density at radius 2 is 2.11 bits per heavy atom. The molecule has 0 unspecified atom stereocenters. The first-order valence-electron chi connectivity index (χ1n) is 6.20. The summed E-state index contributed by atoms with van der Waals surface area (Å²) >= 11 is 1.57. The molecule has 3 heteroatoms. The van der Waals surface area contributed by atoms with E-state index in [0.29, 0.717) is 11.5 Å². The monoisotopic (exact) mass is 263 g/mol. The van der Waals surface area contributed by atoms with Gasteiger partial charge in [0, 0.05) is 17.0 Å². The van der Waals surface area contributed by atoms with Crippen LogP contribution in [-0.4, -0.2) is 6.54 Å². The minimum atomic E-state index is -0.148. The van der Waals surface area contributed by atoms with E-state index in [4.69, 9.17) is 0 Å². The van der Waals surface area contributed by atoms with Crippen molar-refractivity contribution in [1.29, 1.82) is 0 Å². The molecule has 0 bridgehead atoms. The Hall–Kier alpha value is -1.19. The van der Waals surface area contributed by atoms with Crippen LogP contribution in [-0.2, 0) is 6.54 Å². The zero-order valence-corrected chi connectivity index (χ0v) is 11.6. The number of hydrogen-bond donors (Lipinski definition) is 1. The number of halogens is 1. The predicted molar refractivity (Wildman–Crippen MR) is 76.3 cm³/mol. The maximum Gasteiger partial charge on any atom is 0.131 e. The quantitative estimate of drug-likeness (QED) is 0.848. The van der Waals surface area contributed by atoms with Crippen LogP contribution in [0.25, 0.3) is 10.4 Å². The van der Waals surface area contributed by atoms with Gasteiger partial charge in [0.05, 0.1) is 0 Å². The SMILES string of the molecule is CC(C)CNCc1ccc(F)c(-c2cccs2)c1. The number of nitrogens with one attached hydrogen (secondary N) is 1. The van der Waals surface area contributed by atoms with Crippen molar-refractivity contribution in [2.75, 3.05) is 6.54 Å². The molecule has 2 rings (SSSR count). The molecule has 0 fully saturated rings. The summed E-state index contributed by atoms with van der Waals surface area (Å²) in [6, 6.07) is 9.24. The van der Waals surface area contributed by atoms with Crippen LogP contribution < -0.4 is 5.32 Å². The lowest BCUT2D eigenvalue weighted by Crippen LogP contribution is -2.18. The molecule has 0 aliphatic heterocycles. The molecule has 0 saturated heterocycles. The van der Waals surface area contributed by atoms with Crippen molar-refractivity contribution in [3.05, 3.63) is 47.1 Å². The fourth-order valence-electron chi connectivity index (χ4n) is 1.81. The van der Waals surface area contributed by atoms with Crippen molar-refractivity contribution in [2.45, 2.75) is 20.4 Å². The average Bonchev–Trinajstić information content (AvgIpc) is 2.84. The molecular formula is C15H18FNS. The summed E-state index contributed by atoms with van der Waals surface area (Å²) in [5.41, 5.74) is 1.83. The smallest absolute Gasteiger partial charge is 0.131 e. The molecule has 1 aromatic carbocycles. The lowest BCUT2D eigenvalue weighted by atomic mass is 10.1. The summed E-state index contributed by atoms with van der Waals surface area (Å²) in [6.07, 6.45) is 0. The highest BCUT2D eigenvalue weighted by atomic mass is 32.1. The fraction of sp³-hybridized carbons (Fsp3) is 0.333. The van der Waals surface area contributed by atoms with Gasteiger partial charge < -0.3 is 5.32 Å². The van der Waals surface area contributed by atoms with Gasteiger partial charge in [-0.3, -0.25) is 0 Å². The van der Waals surface area contributed by atoms with E-state index in [9.17, 15) is 4.39 Å². The first-order valence-corrected chi connectivity index (χ1v) is 7.08. The molecule has 18 heavy (non-hydrogen) atoms. The summed E-state index contributed by atoms with van der Waals surface area (Å²) in [5.74, 6) is 0.479. The average molecular weight is 263 g/mol. The fourth-order valence-corrected chi connectivity index (χ4v) is 2.55. The minimum absolute atomic E-state index is 0.148. The maximum absolute atomic E-state index is 13.8. The molecule has 1 heterocycles. The predicted octanol–water partition coefficient (Wildman–Crippen LogP) is 4.30. The normalized spacial score (nSPS) is 11.1. The van der Waals surface area contributed by atoms with Crippen molar-refractivity contribution in [3.63, 3.8) is 0 Å². The van der Waals surface area contributed by atoms with Crippen molar-refractivity contribution < 1.29 is 4.39 Å². The Kier molecular flexibility index (Phi) is 4.50. The highest BCUT2D eigenvalue weighted by Gasteiger charge is 2.07. The van der Waals surface area contributed by atoms with Crippen LogP contribution in [0.1, 0.15) is 19.4 Å². The molecular weight excluding hydrogens is 245 g/mol. The number of thiophene rings is 1. The van der Waals surface area contributed by atoms with Gasteiger partial charge in [0.15, 0.2) is 0 Å². The van der Waals surface area contributed by atoms with E-state index in [1.54, 1.807) is 17.4 Å². The third-order valence-corrected chi connectivity index (χ3v) is 3.60. The Morgan fingerprint density at radius 3 is 2.78 bits per heavy atom. The van der Waals surface area contributed by atoms with Crippen LogP contribution in [0.2, 0.25) is 0 Å². The number of hydrogen-bond acceptors (Lipinski definition) is 2. The topological polar surface area (TPSA) is 12.0 Å². The van der Waals surface area contributed by atoms with Gasteiger partial charge in [-0.15, -0.1) is 11.3 Å². The van der Waals surface area contributed by atoms with Gasteiger partial charge >= 0.3 is 0 Å². The van der Waals surface area contributed by atoms with Crippen molar-refractivity contribution in [3.8, 4) is 10.4 Å². The van der Waals surface area contributed by atoms with E-state index in [0.717, 1.165) is 23.5 Å². The zero-order chi connectivity index (χ0) is 13.0. The van der Waals surface area contributed by atoms with Crippen LogP contribution in [0.4, 0.5) is 4.39 Å². The Labute approximate surface area is 112 Å². The van der Waals surface area contributed by atoms with Crippen molar-refractivity contribution in [1.82, 2.24) is 5.32 Å². The number of benzene rings is 1. The molecule has 2 aromatic rings. The van der Waals surface area contributed by atoms with Gasteiger partial charge in [-0.1, -0.05) is 26.0 Å². The van der Waals surface area contributed by atoms with Crippen LogP contribution in [0.5, 0.6) is 0 Å². The molecule has 0 atom stereocenters. The van der Waals surface area contributed by atoms with Gasteiger partial charge in [-0.25, -0.2) is 4.39 Å². The second-order valence-corrected chi connectivity index (χ2v) is 5.76. The standard InChI is InChI=1S/C15H18FNS/c1-11(2)9-17-10-12-5-6-14(16)13(8-12)15-4-3-7-18-15/h3-8,11,17H,9-10H2,1-2H3. The molecule has 1 N–H and O–H groups in total. The Morgan fingerprint density at radius 1 is 1.28 bits per heavy atom. The summed E-state index contributed by atoms with van der Waals surface area (Å²) < 4.78 is 13.8. The van der Waals surface area contributed by atoms with Crippen LogP contribution >= 0.6 is 11.3 Å². The molecule has 0 aliphatic carbocycles. The Balaban J connectivity index is 2.12. The molecule has 96 valence electrons. The lowest BCUT2D eigenvalue weighted by molar-refractivity contribution is 0.551. The van der Waals surface area contributed by atoms with Crippen LogP contribution in [0, 0.1) is 11.7 Å². The third kappa shape index (κ3) is 3.40. The highest BCUT2D eigenvalue weighted by Crippen LogP contribution is 2.28. The summed E-state index contributed by atoms with van der Waals surface area (Å²) in [7, 11) is 0. The van der Waals surface area contributed by atoms with E-state index in [-0.39, 0.29) is 5.82 Å². The van der Waals surface area contributed by atoms with E-state index < -0.39 is 0 Å². The first-order chi connectivity index (χ1) is 8.66. The molecule has 0 amide bonds. The highest BCUT2D eigenvalue weighted by molar-refractivity contribution is 7.13. The van der Waals surface area contributed by atoms with E-state index in [2.05, 4.69) is 19.2 Å². The summed E-state index contributed by atoms with van der Waals surface area (Å²) in [6.45, 7) is 6.12. The third-order valence-electron chi connectivity index (χ3n) is 2.70. The van der Waals surface area contributed by atoms with Crippen molar-refractivity contribution >= 4 is 11.3 Å². The minimum Gasteiger partial charge on any atom is -0.312 e. The molecule has 1 aromatic heterocycles. The van der Waals surface area contributed by atoms with E-state index in [1.807, 2.05) is 29.6 Å². The molecule has 1 nitrogen and oxygen atoms in total. The van der Waals surface area contributed by atoms with Crippen LogP contribution in [0.15, 0.2) is 35.7 Å². The second-order valence-electron chi connectivity index (χ2n) is 4.82. The van der Waals surface area contributed by atoms with Crippen LogP contribution in [0.3, 0.4) is 0 Å². The molecule has 0 radical (unpaired) electrons. The largest absolute Gasteiger partial charge is 0.312 e. The summed E-state index contributed by atoms with van der Waals surface area (Å²) in [4.78, 5) is 0.984. The van der Waals surface area contributed by atoms with Crippen molar-refractivity contribution in [2.24, 2.45) is 5.92 Å². The molecule has 0 aliphatic rings. The van der Waals surface area contributed by atoms with Gasteiger partial charge in [-0.2, -0.15) is 0 Å². The van der Waals surface area contributed by atoms with Gasteiger partial charge in [-0.05, 0) is 41.6 Å². The van der Waals surface area contributed by atoms with E-state index in [1.165, 1.54) is 0 Å². The lowest BCUT2D eigenvalue weighted by Gasteiger charge is -2.09. The first kappa shape index (κ1) is 13.2. The second kappa shape index (κ2) is 6.12.